The Kier molecular flexibility index (Phi) is 4.34. The average molecular weight is 351 g/mol. The van der Waals surface area contributed by atoms with Crippen LogP contribution >= 0.6 is 0 Å². The number of likely N-dealkylation sites (tertiary alicyclic amines) is 1. The lowest BCUT2D eigenvalue weighted by atomic mass is 9.79. The number of hydrogen-bond acceptors (Lipinski definition) is 5. The smallest absolute Gasteiger partial charge is 0.371 e. The van der Waals surface area contributed by atoms with Gasteiger partial charge in [-0.3, -0.25) is 14.5 Å². The van der Waals surface area contributed by atoms with Gasteiger partial charge in [0.15, 0.2) is 0 Å². The summed E-state index contributed by atoms with van der Waals surface area (Å²) in [4.78, 5) is 39.0. The van der Waals surface area contributed by atoms with Crippen molar-refractivity contribution in [2.45, 2.75) is 18.5 Å². The minimum Gasteiger partial charge on any atom is -0.464 e. The molecule has 25 heavy (non-hydrogen) atoms. The number of carbonyl (C=O) groups excluding carboxylic acids is 3. The van der Waals surface area contributed by atoms with Crippen molar-refractivity contribution in [1.29, 1.82) is 0 Å². The zero-order valence-corrected chi connectivity index (χ0v) is 13.9. The summed E-state index contributed by atoms with van der Waals surface area (Å²) in [6.45, 7) is 1.11. The number of quaternary nitrogens is 1. The lowest BCUT2D eigenvalue weighted by Gasteiger charge is -2.27. The Bertz CT molecular complexity index is 740. The molecule has 134 valence electrons. The summed E-state index contributed by atoms with van der Waals surface area (Å²) in [6, 6.07) is 5.12. The molecule has 2 heterocycles. The molecule has 8 heteroatoms. The lowest BCUT2D eigenvalue weighted by Crippen LogP contribution is -2.99. The molecule has 0 saturated carbocycles. The molecule has 7 nitrogen and oxygen atoms in total. The van der Waals surface area contributed by atoms with Crippen molar-refractivity contribution in [3.63, 3.8) is 0 Å². The molecule has 0 bridgehead atoms. The van der Waals surface area contributed by atoms with Crippen LogP contribution in [0.5, 0.6) is 0 Å². The third-order valence-electron chi connectivity index (χ3n) is 5.27. The summed E-state index contributed by atoms with van der Waals surface area (Å²) in [5.74, 6) is -4.36. The third-order valence-corrected chi connectivity index (χ3v) is 5.27. The van der Waals surface area contributed by atoms with E-state index in [1.165, 1.54) is 23.5 Å². The molecule has 0 spiro atoms. The van der Waals surface area contributed by atoms with Crippen molar-refractivity contribution in [3.05, 3.63) is 35.6 Å². The van der Waals surface area contributed by atoms with Crippen LogP contribution in [0.15, 0.2) is 24.3 Å². The summed E-state index contributed by atoms with van der Waals surface area (Å²) < 4.78 is 19.1. The Morgan fingerprint density at radius 3 is 2.60 bits per heavy atom. The van der Waals surface area contributed by atoms with Crippen LogP contribution in [-0.4, -0.2) is 53.6 Å². The number of benzene rings is 1. The monoisotopic (exact) mass is 351 g/mol. The number of nitrogens with zero attached hydrogens (tertiary/aromatic N) is 1. The van der Waals surface area contributed by atoms with Gasteiger partial charge in [0.1, 0.15) is 30.3 Å². The fourth-order valence-corrected chi connectivity index (χ4v) is 4.12. The average Bonchev–Trinajstić information content (AvgIpc) is 3.09. The van der Waals surface area contributed by atoms with Gasteiger partial charge < -0.3 is 15.2 Å². The van der Waals surface area contributed by atoms with Crippen molar-refractivity contribution in [2.75, 3.05) is 20.3 Å². The number of imide groups is 1. The van der Waals surface area contributed by atoms with E-state index in [0.717, 1.165) is 12.0 Å². The van der Waals surface area contributed by atoms with Gasteiger partial charge in [-0.05, 0) is 13.0 Å². The minimum absolute atomic E-state index is 0.150. The zero-order valence-electron chi connectivity index (χ0n) is 13.9. The Morgan fingerprint density at radius 2 is 2.04 bits per heavy atom. The fraction of sp³-hybridized carbons (Fsp3) is 0.471. The van der Waals surface area contributed by atoms with Gasteiger partial charge in [0.2, 0.25) is 17.4 Å². The van der Waals surface area contributed by atoms with Crippen LogP contribution in [0.1, 0.15) is 18.5 Å². The number of carbonyl (C=O) groups is 3. The molecule has 0 unspecified atom stereocenters. The second-order valence-electron chi connectivity index (χ2n) is 6.33. The second-order valence-corrected chi connectivity index (χ2v) is 6.33. The first-order valence-corrected chi connectivity index (χ1v) is 8.07. The van der Waals surface area contributed by atoms with E-state index in [-0.39, 0.29) is 12.1 Å². The van der Waals surface area contributed by atoms with Crippen LogP contribution in [0.4, 0.5) is 4.39 Å². The quantitative estimate of drug-likeness (QED) is 0.534. The maximum Gasteiger partial charge on any atom is 0.371 e. The molecule has 3 rings (SSSR count). The number of aliphatic hydroxyl groups is 1. The molecule has 2 aliphatic rings. The molecule has 4 atom stereocenters. The number of hydrogen-bond donors (Lipinski definition) is 2. The highest BCUT2D eigenvalue weighted by molar-refractivity contribution is 6.08. The number of esters is 1. The van der Waals surface area contributed by atoms with Crippen molar-refractivity contribution < 1.29 is 33.9 Å². The Hall–Kier alpha value is -2.32. The second kappa shape index (κ2) is 6.20. The van der Waals surface area contributed by atoms with E-state index in [1.54, 1.807) is 13.0 Å². The van der Waals surface area contributed by atoms with Crippen molar-refractivity contribution in [2.24, 2.45) is 11.8 Å². The molecular weight excluding hydrogens is 331 g/mol. The van der Waals surface area contributed by atoms with Gasteiger partial charge in [0.05, 0.1) is 7.11 Å². The van der Waals surface area contributed by atoms with E-state index >= 15 is 0 Å². The first-order chi connectivity index (χ1) is 11.9. The van der Waals surface area contributed by atoms with Gasteiger partial charge >= 0.3 is 5.97 Å². The minimum atomic E-state index is -1.66. The summed E-state index contributed by atoms with van der Waals surface area (Å²) in [5, 5.41) is 11.4. The topological polar surface area (TPSA) is 101 Å². The number of ether oxygens (including phenoxy) is 1. The van der Waals surface area contributed by atoms with Crippen LogP contribution in [0, 0.1) is 17.7 Å². The molecule has 0 aromatic heterocycles. The Morgan fingerprint density at radius 1 is 1.36 bits per heavy atom. The van der Waals surface area contributed by atoms with E-state index in [9.17, 15) is 23.9 Å². The van der Waals surface area contributed by atoms with Gasteiger partial charge in [0, 0.05) is 12.1 Å². The highest BCUT2D eigenvalue weighted by atomic mass is 19.1. The Balaban J connectivity index is 2.17. The van der Waals surface area contributed by atoms with Crippen LogP contribution in [0.2, 0.25) is 0 Å². The van der Waals surface area contributed by atoms with Crippen LogP contribution in [0.3, 0.4) is 0 Å². The van der Waals surface area contributed by atoms with Crippen molar-refractivity contribution in [1.82, 2.24) is 4.90 Å². The number of nitrogens with two attached hydrogens (primary N) is 1. The maximum absolute atomic E-state index is 14.3. The van der Waals surface area contributed by atoms with Crippen molar-refractivity contribution in [3.8, 4) is 0 Å². The van der Waals surface area contributed by atoms with E-state index < -0.39 is 53.6 Å². The molecule has 1 aromatic rings. The number of amides is 2. The molecule has 1 aromatic carbocycles. The predicted molar refractivity (Wildman–Crippen MR) is 82.3 cm³/mol. The van der Waals surface area contributed by atoms with Gasteiger partial charge in [-0.2, -0.15) is 0 Å². The third kappa shape index (κ3) is 2.28. The number of methoxy groups -OCH3 is 1. The Labute approximate surface area is 143 Å². The lowest BCUT2D eigenvalue weighted by molar-refractivity contribution is -0.735. The normalized spacial score (nSPS) is 31.4. The molecule has 2 amide bonds. The molecule has 2 fully saturated rings. The van der Waals surface area contributed by atoms with Crippen LogP contribution in [-0.2, 0) is 19.1 Å². The first-order valence-electron chi connectivity index (χ1n) is 8.07. The highest BCUT2D eigenvalue weighted by Gasteiger charge is 2.72. The molecular formula is C17H20FN2O5+. The SMILES string of the molecule is CCN1C(=O)[C@@H]2[C@@H](C1=O)[C@](CO)(C(=O)OC)[NH2+][C@H]2c1ccccc1F. The van der Waals surface area contributed by atoms with E-state index in [0.29, 0.717) is 0 Å². The molecule has 3 N–H and O–H groups in total. The molecule has 2 aliphatic heterocycles. The van der Waals surface area contributed by atoms with Crippen molar-refractivity contribution >= 4 is 17.8 Å². The molecule has 2 saturated heterocycles. The molecule has 0 radical (unpaired) electrons. The fourth-order valence-electron chi connectivity index (χ4n) is 4.12. The molecule has 0 aliphatic carbocycles. The predicted octanol–water partition coefficient (Wildman–Crippen LogP) is -1.03. The van der Waals surface area contributed by atoms with Gasteiger partial charge in [0.25, 0.3) is 0 Å². The van der Waals surface area contributed by atoms with Gasteiger partial charge in [-0.25, -0.2) is 9.18 Å². The number of halogens is 1. The summed E-state index contributed by atoms with van der Waals surface area (Å²) in [5.41, 5.74) is -1.45. The zero-order chi connectivity index (χ0) is 18.4. The summed E-state index contributed by atoms with van der Waals surface area (Å²) in [7, 11) is 1.15. The summed E-state index contributed by atoms with van der Waals surface area (Å²) in [6.07, 6.45) is 0. The van der Waals surface area contributed by atoms with Gasteiger partial charge in [-0.15, -0.1) is 0 Å². The van der Waals surface area contributed by atoms with Crippen LogP contribution < -0.4 is 5.32 Å². The first kappa shape index (κ1) is 17.5. The maximum atomic E-state index is 14.3. The van der Waals surface area contributed by atoms with E-state index in [4.69, 9.17) is 4.74 Å². The van der Waals surface area contributed by atoms with E-state index in [2.05, 4.69) is 0 Å². The van der Waals surface area contributed by atoms with Crippen LogP contribution in [0.25, 0.3) is 0 Å². The number of fused-ring (bicyclic) bond motifs is 1. The number of rotatable bonds is 4. The standard InChI is InChI=1S/C17H19FN2O5/c1-3-20-14(22)11-12(15(20)23)17(8-21,16(24)25-2)19-13(11)9-6-4-5-7-10(9)18/h4-7,11-13,19,21H,3,8H2,1-2H3/p+1/t11-,12+,13+,17-/m1/s1. The summed E-state index contributed by atoms with van der Waals surface area (Å²) >= 11 is 0. The van der Waals surface area contributed by atoms with E-state index in [1.807, 2.05) is 0 Å². The highest BCUT2D eigenvalue weighted by Crippen LogP contribution is 2.44. The van der Waals surface area contributed by atoms with Gasteiger partial charge in [-0.1, -0.05) is 18.2 Å². The number of aliphatic hydroxyl groups excluding tert-OH is 1. The largest absolute Gasteiger partial charge is 0.464 e.